The van der Waals surface area contributed by atoms with E-state index in [2.05, 4.69) is 30.6 Å². The first kappa shape index (κ1) is 30.3. The zero-order valence-electron chi connectivity index (χ0n) is 25.7. The van der Waals surface area contributed by atoms with E-state index in [1.54, 1.807) is 41.4 Å². The van der Waals surface area contributed by atoms with Crippen molar-refractivity contribution in [1.29, 1.82) is 0 Å². The van der Waals surface area contributed by atoms with Crippen molar-refractivity contribution in [1.82, 2.24) is 34.8 Å². The number of ether oxygens (including phenoxy) is 5. The summed E-state index contributed by atoms with van der Waals surface area (Å²) < 4.78 is 44.8. The van der Waals surface area contributed by atoms with Gasteiger partial charge in [0.25, 0.3) is 0 Å². The van der Waals surface area contributed by atoms with Crippen LogP contribution < -0.4 is 24.3 Å². The molecule has 15 heteroatoms. The summed E-state index contributed by atoms with van der Waals surface area (Å²) in [5.74, 6) is 2.09. The Morgan fingerprint density at radius 3 is 2.57 bits per heavy atom. The third-order valence-electron chi connectivity index (χ3n) is 6.78. The number of fused-ring (bicyclic) bond motifs is 1. The molecule has 4 heterocycles. The Balaban J connectivity index is 1.16. The molecular formula is C31H31FN8O6. The number of carbonyl (C=O) groups is 1. The number of benzene rings is 2. The normalized spacial score (nSPS) is 13.2. The Labute approximate surface area is 263 Å². The van der Waals surface area contributed by atoms with Crippen molar-refractivity contribution in [2.24, 2.45) is 0 Å². The molecule has 0 saturated carbocycles. The van der Waals surface area contributed by atoms with Crippen LogP contribution >= 0.6 is 0 Å². The molecular weight excluding hydrogens is 599 g/mol. The van der Waals surface area contributed by atoms with Crippen LogP contribution in [0.15, 0.2) is 61.2 Å². The molecule has 6 rings (SSSR count). The van der Waals surface area contributed by atoms with E-state index in [1.807, 2.05) is 20.8 Å². The van der Waals surface area contributed by atoms with Gasteiger partial charge < -0.3 is 33.9 Å². The maximum absolute atomic E-state index is 15.3. The summed E-state index contributed by atoms with van der Waals surface area (Å²) in [6.45, 7) is 6.18. The van der Waals surface area contributed by atoms with E-state index in [1.165, 1.54) is 43.6 Å². The highest BCUT2D eigenvalue weighted by Gasteiger charge is 2.35. The number of anilines is 2. The molecule has 0 aliphatic carbocycles. The Morgan fingerprint density at radius 2 is 1.83 bits per heavy atom. The number of carbonyl (C=O) groups excluding carboxylic acids is 1. The molecule has 2 aromatic carbocycles. The van der Waals surface area contributed by atoms with E-state index >= 15 is 4.39 Å². The fourth-order valence-corrected chi connectivity index (χ4v) is 4.54. The topological polar surface area (TPSA) is 148 Å². The highest BCUT2D eigenvalue weighted by Crippen LogP contribution is 2.37. The van der Waals surface area contributed by atoms with Crippen molar-refractivity contribution in [3.8, 4) is 34.7 Å². The molecule has 1 aliphatic rings. The van der Waals surface area contributed by atoms with E-state index in [-0.39, 0.29) is 23.4 Å². The van der Waals surface area contributed by atoms with Gasteiger partial charge in [0.15, 0.2) is 17.3 Å². The lowest BCUT2D eigenvalue weighted by atomic mass is 10.1. The summed E-state index contributed by atoms with van der Waals surface area (Å²) in [6.07, 6.45) is 3.83. The molecule has 1 N–H and O–H groups in total. The summed E-state index contributed by atoms with van der Waals surface area (Å²) in [5.41, 5.74) is 0.135. The van der Waals surface area contributed by atoms with Crippen LogP contribution in [0.1, 0.15) is 20.8 Å². The summed E-state index contributed by atoms with van der Waals surface area (Å²) in [6, 6.07) is 11.1. The molecule has 238 valence electrons. The Kier molecular flexibility index (Phi) is 8.13. The Bertz CT molecular complexity index is 1890. The molecule has 1 amide bonds. The highest BCUT2D eigenvalue weighted by atomic mass is 19.1. The summed E-state index contributed by atoms with van der Waals surface area (Å²) >= 11 is 0. The van der Waals surface area contributed by atoms with Gasteiger partial charge in [-0.05, 0) is 39.0 Å². The number of methoxy groups -OCH3 is 2. The number of nitrogens with zero attached hydrogens (tertiary/aromatic N) is 7. The van der Waals surface area contributed by atoms with Crippen LogP contribution in [-0.2, 0) is 4.74 Å². The summed E-state index contributed by atoms with van der Waals surface area (Å²) in [7, 11) is 3.06. The largest absolute Gasteiger partial charge is 0.495 e. The molecule has 3 aromatic heterocycles. The van der Waals surface area contributed by atoms with Gasteiger partial charge in [-0.15, -0.1) is 10.2 Å². The first-order valence-electron chi connectivity index (χ1n) is 14.2. The zero-order valence-corrected chi connectivity index (χ0v) is 25.7. The standard InChI is InChI=1S/C31H31FN8O6/c1-31(2,3)46-30(41)39-15-20(16-39)44-26-12-21-24(13-25(26)43-5)33-17-34-29(21)36-23-7-6-18(10-22(23)32)45-28-8-9-40(38-28)27-11-19(42-4)14-35-37-27/h6-14,17,20H,15-16H2,1-5H3,(H,33,34,36). The number of hydrogen-bond donors (Lipinski definition) is 1. The van der Waals surface area contributed by atoms with Crippen molar-refractivity contribution in [2.75, 3.05) is 32.6 Å². The molecule has 1 saturated heterocycles. The van der Waals surface area contributed by atoms with Gasteiger partial charge in [0.1, 0.15) is 41.2 Å². The lowest BCUT2D eigenvalue weighted by molar-refractivity contribution is -0.0225. The minimum Gasteiger partial charge on any atom is -0.495 e. The van der Waals surface area contributed by atoms with Gasteiger partial charge in [-0.3, -0.25) is 0 Å². The van der Waals surface area contributed by atoms with Crippen molar-refractivity contribution < 1.29 is 32.9 Å². The van der Waals surface area contributed by atoms with Crippen LogP contribution in [0.3, 0.4) is 0 Å². The number of hydrogen-bond acceptors (Lipinski definition) is 12. The van der Waals surface area contributed by atoms with Crippen molar-refractivity contribution in [3.05, 3.63) is 67.0 Å². The van der Waals surface area contributed by atoms with E-state index < -0.39 is 17.5 Å². The van der Waals surface area contributed by atoms with Crippen LogP contribution in [0.4, 0.5) is 20.7 Å². The second-order valence-corrected chi connectivity index (χ2v) is 11.3. The number of nitrogens with one attached hydrogen (secondary N) is 1. The number of halogens is 1. The fourth-order valence-electron chi connectivity index (χ4n) is 4.54. The van der Waals surface area contributed by atoms with Crippen molar-refractivity contribution in [2.45, 2.75) is 32.5 Å². The van der Waals surface area contributed by atoms with E-state index in [0.717, 1.165) is 0 Å². The molecule has 1 aliphatic heterocycles. The first-order valence-corrected chi connectivity index (χ1v) is 14.2. The van der Waals surface area contributed by atoms with Crippen molar-refractivity contribution in [3.63, 3.8) is 0 Å². The van der Waals surface area contributed by atoms with E-state index in [0.29, 0.717) is 52.9 Å². The maximum Gasteiger partial charge on any atom is 0.410 e. The monoisotopic (exact) mass is 630 g/mol. The molecule has 0 unspecified atom stereocenters. The molecule has 0 radical (unpaired) electrons. The van der Waals surface area contributed by atoms with Gasteiger partial charge in [-0.1, -0.05) is 0 Å². The summed E-state index contributed by atoms with van der Waals surface area (Å²) in [5, 5.41) is 15.8. The minimum atomic E-state index is -0.584. The molecule has 46 heavy (non-hydrogen) atoms. The molecule has 14 nitrogen and oxygen atoms in total. The van der Waals surface area contributed by atoms with Crippen molar-refractivity contribution >= 4 is 28.5 Å². The predicted octanol–water partition coefficient (Wildman–Crippen LogP) is 5.30. The number of rotatable bonds is 9. The lowest BCUT2D eigenvalue weighted by Crippen LogP contribution is -2.57. The van der Waals surface area contributed by atoms with Crippen LogP contribution in [0, 0.1) is 5.82 Å². The van der Waals surface area contributed by atoms with Gasteiger partial charge in [-0.2, -0.15) is 5.10 Å². The molecule has 0 atom stereocenters. The number of likely N-dealkylation sites (tertiary alicyclic amines) is 1. The van der Waals surface area contributed by atoms with Crippen LogP contribution in [0.5, 0.6) is 28.9 Å². The smallest absolute Gasteiger partial charge is 0.410 e. The third-order valence-corrected chi connectivity index (χ3v) is 6.78. The Morgan fingerprint density at radius 1 is 1.00 bits per heavy atom. The predicted molar refractivity (Wildman–Crippen MR) is 164 cm³/mol. The van der Waals surface area contributed by atoms with Gasteiger partial charge in [0.05, 0.1) is 44.7 Å². The average Bonchev–Trinajstić information content (AvgIpc) is 3.47. The lowest BCUT2D eigenvalue weighted by Gasteiger charge is -2.39. The molecule has 0 spiro atoms. The van der Waals surface area contributed by atoms with Gasteiger partial charge >= 0.3 is 6.09 Å². The maximum atomic E-state index is 15.3. The fraction of sp³-hybridized carbons (Fsp3) is 0.290. The van der Waals surface area contributed by atoms with Crippen LogP contribution in [0.2, 0.25) is 0 Å². The molecule has 5 aromatic rings. The van der Waals surface area contributed by atoms with Crippen LogP contribution in [-0.4, -0.2) is 80.0 Å². The van der Waals surface area contributed by atoms with Crippen LogP contribution in [0.25, 0.3) is 16.7 Å². The Hall–Kier alpha value is -5.73. The first-order chi connectivity index (χ1) is 22.1. The van der Waals surface area contributed by atoms with E-state index in [9.17, 15) is 4.79 Å². The van der Waals surface area contributed by atoms with Gasteiger partial charge in [0.2, 0.25) is 5.88 Å². The minimum absolute atomic E-state index is 0.162. The second kappa shape index (κ2) is 12.3. The molecule has 0 bridgehead atoms. The zero-order chi connectivity index (χ0) is 32.4. The third kappa shape index (κ3) is 6.67. The molecule has 1 fully saturated rings. The second-order valence-electron chi connectivity index (χ2n) is 11.3. The number of aromatic nitrogens is 6. The SMILES string of the molecule is COc1cnnc(-n2ccc(Oc3ccc(Nc4ncnc5cc(OC)c(OC6CN(C(=O)OC(C)(C)C)C6)cc45)c(F)c3)n2)c1. The summed E-state index contributed by atoms with van der Waals surface area (Å²) in [4.78, 5) is 22.6. The number of amides is 1. The highest BCUT2D eigenvalue weighted by molar-refractivity contribution is 5.93. The quantitative estimate of drug-likeness (QED) is 0.225. The van der Waals surface area contributed by atoms with E-state index in [4.69, 9.17) is 23.7 Å². The van der Waals surface area contributed by atoms with Gasteiger partial charge in [0, 0.05) is 35.8 Å². The van der Waals surface area contributed by atoms with Gasteiger partial charge in [-0.25, -0.2) is 23.8 Å². The average molecular weight is 631 g/mol.